The highest BCUT2D eigenvalue weighted by Gasteiger charge is 2.12. The summed E-state index contributed by atoms with van der Waals surface area (Å²) in [6.07, 6.45) is 1.61. The molecular weight excluding hydrogens is 190 g/mol. The number of amidine groups is 1. The second-order valence-electron chi connectivity index (χ2n) is 3.93. The number of aromatic nitrogens is 2. The fraction of sp³-hybridized carbons (Fsp3) is 0.500. The number of nitrogens with one attached hydrogen (secondary N) is 1. The van der Waals surface area contributed by atoms with Gasteiger partial charge in [-0.2, -0.15) is 0 Å². The average molecular weight is 207 g/mol. The highest BCUT2D eigenvalue weighted by molar-refractivity contribution is 5.99. The topological polar surface area (TPSA) is 78.9 Å². The molecule has 0 spiro atoms. The first kappa shape index (κ1) is 11.4. The van der Waals surface area contributed by atoms with Gasteiger partial charge in [-0.15, -0.1) is 0 Å². The van der Waals surface area contributed by atoms with Gasteiger partial charge in [0.05, 0.1) is 5.56 Å². The van der Waals surface area contributed by atoms with Crippen molar-refractivity contribution in [2.24, 2.45) is 5.73 Å². The molecule has 0 saturated carbocycles. The van der Waals surface area contributed by atoms with Crippen molar-refractivity contribution in [2.45, 2.75) is 19.8 Å². The molecule has 0 atom stereocenters. The smallest absolute Gasteiger partial charge is 0.142 e. The van der Waals surface area contributed by atoms with Gasteiger partial charge in [0.2, 0.25) is 0 Å². The second-order valence-corrected chi connectivity index (χ2v) is 3.93. The van der Waals surface area contributed by atoms with Crippen LogP contribution in [0, 0.1) is 5.41 Å². The summed E-state index contributed by atoms with van der Waals surface area (Å²) in [6, 6.07) is 0. The molecule has 1 aromatic rings. The number of nitrogen functional groups attached to an aromatic ring is 1. The molecule has 1 rings (SSSR count). The summed E-state index contributed by atoms with van der Waals surface area (Å²) in [5, 5.41) is 7.42. The minimum absolute atomic E-state index is 0.00555. The average Bonchev–Trinajstić information content (AvgIpc) is 2.16. The summed E-state index contributed by atoms with van der Waals surface area (Å²) < 4.78 is 0. The van der Waals surface area contributed by atoms with Crippen molar-refractivity contribution in [3.63, 3.8) is 0 Å². The van der Waals surface area contributed by atoms with E-state index in [2.05, 4.69) is 9.97 Å². The van der Waals surface area contributed by atoms with Crippen LogP contribution in [0.5, 0.6) is 0 Å². The SMILES string of the molecule is CC(C)c1ncc(C(=N)N)c(N(C)C)n1. The van der Waals surface area contributed by atoms with Gasteiger partial charge in [-0.1, -0.05) is 13.8 Å². The first-order chi connectivity index (χ1) is 6.93. The quantitative estimate of drug-likeness (QED) is 0.571. The molecule has 5 heteroatoms. The molecule has 0 amide bonds. The summed E-state index contributed by atoms with van der Waals surface area (Å²) in [5.74, 6) is 1.73. The van der Waals surface area contributed by atoms with Crippen molar-refractivity contribution >= 4 is 11.7 Å². The molecule has 0 aliphatic carbocycles. The fourth-order valence-electron chi connectivity index (χ4n) is 1.20. The van der Waals surface area contributed by atoms with Crippen LogP contribution >= 0.6 is 0 Å². The Labute approximate surface area is 89.8 Å². The van der Waals surface area contributed by atoms with Gasteiger partial charge in [0.1, 0.15) is 17.5 Å². The predicted octanol–water partition coefficient (Wildman–Crippen LogP) is 0.950. The lowest BCUT2D eigenvalue weighted by Crippen LogP contribution is -2.21. The van der Waals surface area contributed by atoms with Gasteiger partial charge >= 0.3 is 0 Å². The van der Waals surface area contributed by atoms with Crippen LogP contribution in [0.4, 0.5) is 5.82 Å². The molecule has 0 aromatic carbocycles. The van der Waals surface area contributed by atoms with E-state index in [9.17, 15) is 0 Å². The van der Waals surface area contributed by atoms with E-state index >= 15 is 0 Å². The van der Waals surface area contributed by atoms with E-state index in [1.54, 1.807) is 6.20 Å². The molecule has 1 heterocycles. The number of anilines is 1. The molecule has 0 aliphatic heterocycles. The van der Waals surface area contributed by atoms with E-state index in [1.165, 1.54) is 0 Å². The minimum Gasteiger partial charge on any atom is -0.384 e. The summed E-state index contributed by atoms with van der Waals surface area (Å²) in [5.41, 5.74) is 6.03. The van der Waals surface area contributed by atoms with Crippen LogP contribution in [0.15, 0.2) is 6.20 Å². The van der Waals surface area contributed by atoms with Crippen molar-refractivity contribution in [3.8, 4) is 0 Å². The first-order valence-corrected chi connectivity index (χ1v) is 4.82. The van der Waals surface area contributed by atoms with Gasteiger partial charge in [0, 0.05) is 26.2 Å². The number of hydrogen-bond acceptors (Lipinski definition) is 4. The molecule has 0 radical (unpaired) electrons. The molecule has 15 heavy (non-hydrogen) atoms. The number of nitrogens with zero attached hydrogens (tertiary/aromatic N) is 3. The standard InChI is InChI=1S/C10H17N5/c1-6(2)9-13-5-7(8(11)12)10(14-9)15(3)4/h5-6H,1-4H3,(H3,11,12). The molecular formula is C10H17N5. The van der Waals surface area contributed by atoms with Gasteiger partial charge in [-0.3, -0.25) is 5.41 Å². The highest BCUT2D eigenvalue weighted by Crippen LogP contribution is 2.17. The lowest BCUT2D eigenvalue weighted by Gasteiger charge is -2.16. The molecule has 0 saturated heterocycles. The van der Waals surface area contributed by atoms with Gasteiger partial charge in [0.15, 0.2) is 0 Å². The summed E-state index contributed by atoms with van der Waals surface area (Å²) in [7, 11) is 3.75. The zero-order chi connectivity index (χ0) is 11.6. The van der Waals surface area contributed by atoms with Crippen molar-refractivity contribution < 1.29 is 0 Å². The molecule has 0 unspecified atom stereocenters. The fourth-order valence-corrected chi connectivity index (χ4v) is 1.20. The van der Waals surface area contributed by atoms with E-state index in [-0.39, 0.29) is 11.8 Å². The van der Waals surface area contributed by atoms with Crippen LogP contribution in [0.3, 0.4) is 0 Å². The Bertz CT molecular complexity index is 370. The maximum atomic E-state index is 7.42. The number of nitrogens with two attached hydrogens (primary N) is 1. The second kappa shape index (κ2) is 4.25. The van der Waals surface area contributed by atoms with E-state index in [4.69, 9.17) is 11.1 Å². The molecule has 5 nitrogen and oxygen atoms in total. The zero-order valence-electron chi connectivity index (χ0n) is 9.57. The first-order valence-electron chi connectivity index (χ1n) is 4.82. The number of hydrogen-bond donors (Lipinski definition) is 2. The third kappa shape index (κ3) is 2.43. The van der Waals surface area contributed by atoms with Gasteiger partial charge in [-0.25, -0.2) is 9.97 Å². The molecule has 3 N–H and O–H groups in total. The predicted molar refractivity (Wildman–Crippen MR) is 61.5 cm³/mol. The van der Waals surface area contributed by atoms with E-state index in [1.807, 2.05) is 32.8 Å². The maximum absolute atomic E-state index is 7.42. The molecule has 0 bridgehead atoms. The Morgan fingerprint density at radius 3 is 2.47 bits per heavy atom. The van der Waals surface area contributed by atoms with Crippen LogP contribution in [0.1, 0.15) is 31.2 Å². The largest absolute Gasteiger partial charge is 0.384 e. The van der Waals surface area contributed by atoms with Crippen LogP contribution in [-0.4, -0.2) is 29.9 Å². The number of rotatable bonds is 3. The summed E-state index contributed by atoms with van der Waals surface area (Å²) in [4.78, 5) is 10.4. The van der Waals surface area contributed by atoms with Crippen LogP contribution in [-0.2, 0) is 0 Å². The highest BCUT2D eigenvalue weighted by atomic mass is 15.2. The lowest BCUT2D eigenvalue weighted by molar-refractivity contribution is 0.769. The minimum atomic E-state index is -0.00555. The molecule has 0 fully saturated rings. The van der Waals surface area contributed by atoms with E-state index in [0.29, 0.717) is 11.4 Å². The molecule has 82 valence electrons. The Balaban J connectivity index is 3.27. The van der Waals surface area contributed by atoms with Crippen LogP contribution in [0.25, 0.3) is 0 Å². The Morgan fingerprint density at radius 1 is 1.47 bits per heavy atom. The van der Waals surface area contributed by atoms with Crippen molar-refractivity contribution in [2.75, 3.05) is 19.0 Å². The lowest BCUT2D eigenvalue weighted by atomic mass is 10.2. The van der Waals surface area contributed by atoms with Gasteiger partial charge in [0.25, 0.3) is 0 Å². The zero-order valence-corrected chi connectivity index (χ0v) is 9.57. The monoisotopic (exact) mass is 207 g/mol. The van der Waals surface area contributed by atoms with E-state index in [0.717, 1.165) is 5.82 Å². The Morgan fingerprint density at radius 2 is 2.07 bits per heavy atom. The van der Waals surface area contributed by atoms with Crippen molar-refractivity contribution in [3.05, 3.63) is 17.6 Å². The van der Waals surface area contributed by atoms with Gasteiger partial charge in [-0.05, 0) is 0 Å². The summed E-state index contributed by atoms with van der Waals surface area (Å²) >= 11 is 0. The molecule has 1 aromatic heterocycles. The summed E-state index contributed by atoms with van der Waals surface area (Å²) in [6.45, 7) is 4.06. The van der Waals surface area contributed by atoms with Crippen molar-refractivity contribution in [1.29, 1.82) is 5.41 Å². The Kier molecular flexibility index (Phi) is 3.24. The van der Waals surface area contributed by atoms with Crippen LogP contribution in [0.2, 0.25) is 0 Å². The third-order valence-electron chi connectivity index (χ3n) is 2.02. The van der Waals surface area contributed by atoms with E-state index < -0.39 is 0 Å². The van der Waals surface area contributed by atoms with Crippen LogP contribution < -0.4 is 10.6 Å². The maximum Gasteiger partial charge on any atom is 0.142 e. The third-order valence-corrected chi connectivity index (χ3v) is 2.02. The van der Waals surface area contributed by atoms with Gasteiger partial charge < -0.3 is 10.6 Å². The Hall–Kier alpha value is -1.65. The van der Waals surface area contributed by atoms with Crippen molar-refractivity contribution in [1.82, 2.24) is 9.97 Å². The normalized spacial score (nSPS) is 10.5. The molecule has 0 aliphatic rings.